The van der Waals surface area contributed by atoms with E-state index >= 15 is 0 Å². The summed E-state index contributed by atoms with van der Waals surface area (Å²) in [5.74, 6) is -0.701. The minimum atomic E-state index is -1.04. The summed E-state index contributed by atoms with van der Waals surface area (Å²) in [6, 6.07) is 3.06. The number of pyridine rings is 1. The van der Waals surface area contributed by atoms with Crippen molar-refractivity contribution in [1.29, 1.82) is 0 Å². The van der Waals surface area contributed by atoms with Crippen LogP contribution in [0, 0.1) is 0 Å². The third kappa shape index (κ3) is 3.01. The van der Waals surface area contributed by atoms with Crippen molar-refractivity contribution in [2.75, 3.05) is 31.6 Å². The van der Waals surface area contributed by atoms with Gasteiger partial charge in [0.25, 0.3) is 0 Å². The molecule has 0 atom stereocenters. The standard InChI is InChI=1S/C13H17N3O3/c1-15(9-11(17)16-7-2-3-8-16)12-10(13(18)19)5-4-6-14-12/h4-6H,2-3,7-9H2,1H3,(H,18,19). The maximum atomic E-state index is 12.0. The first-order valence-electron chi connectivity index (χ1n) is 6.27. The lowest BCUT2D eigenvalue weighted by atomic mass is 10.2. The van der Waals surface area contributed by atoms with Crippen molar-refractivity contribution in [3.63, 3.8) is 0 Å². The normalized spacial score (nSPS) is 14.5. The number of carbonyl (C=O) groups is 2. The van der Waals surface area contributed by atoms with Gasteiger partial charge >= 0.3 is 5.97 Å². The minimum absolute atomic E-state index is 0.0157. The molecule has 2 rings (SSSR count). The zero-order valence-corrected chi connectivity index (χ0v) is 10.9. The van der Waals surface area contributed by atoms with Crippen LogP contribution < -0.4 is 4.90 Å². The Kier molecular flexibility index (Phi) is 3.99. The molecule has 1 aromatic rings. The fourth-order valence-electron chi connectivity index (χ4n) is 2.21. The number of hydrogen-bond donors (Lipinski definition) is 1. The number of aromatic carboxylic acids is 1. The molecule has 1 saturated heterocycles. The van der Waals surface area contributed by atoms with Gasteiger partial charge in [-0.05, 0) is 25.0 Å². The molecule has 1 aliphatic heterocycles. The van der Waals surface area contributed by atoms with E-state index in [1.165, 1.54) is 12.3 Å². The number of hydrogen-bond acceptors (Lipinski definition) is 4. The van der Waals surface area contributed by atoms with Crippen LogP contribution in [-0.2, 0) is 4.79 Å². The first-order valence-corrected chi connectivity index (χ1v) is 6.27. The number of carbonyl (C=O) groups excluding carboxylic acids is 1. The number of amides is 1. The highest BCUT2D eigenvalue weighted by Crippen LogP contribution is 2.16. The van der Waals surface area contributed by atoms with E-state index in [-0.39, 0.29) is 18.0 Å². The van der Waals surface area contributed by atoms with Crippen LogP contribution in [0.25, 0.3) is 0 Å². The Hall–Kier alpha value is -2.11. The maximum absolute atomic E-state index is 12.0. The lowest BCUT2D eigenvalue weighted by molar-refractivity contribution is -0.128. The van der Waals surface area contributed by atoms with Gasteiger partial charge in [-0.25, -0.2) is 9.78 Å². The van der Waals surface area contributed by atoms with Gasteiger partial charge in [-0.15, -0.1) is 0 Å². The first kappa shape index (κ1) is 13.3. The van der Waals surface area contributed by atoms with Gasteiger partial charge in [0.2, 0.25) is 5.91 Å². The summed E-state index contributed by atoms with van der Waals surface area (Å²) < 4.78 is 0. The number of likely N-dealkylation sites (N-methyl/N-ethyl adjacent to an activating group) is 1. The number of anilines is 1. The van der Waals surface area contributed by atoms with Crippen LogP contribution in [0.5, 0.6) is 0 Å². The molecule has 6 heteroatoms. The molecule has 0 aliphatic carbocycles. The molecule has 0 unspecified atom stereocenters. The van der Waals surface area contributed by atoms with Gasteiger partial charge in [-0.1, -0.05) is 0 Å². The fraction of sp³-hybridized carbons (Fsp3) is 0.462. The van der Waals surface area contributed by atoms with Gasteiger partial charge in [-0.2, -0.15) is 0 Å². The van der Waals surface area contributed by atoms with Crippen molar-refractivity contribution < 1.29 is 14.7 Å². The predicted molar refractivity (Wildman–Crippen MR) is 70.3 cm³/mol. The molecule has 0 bridgehead atoms. The first-order chi connectivity index (χ1) is 9.09. The number of rotatable bonds is 4. The molecule has 1 fully saturated rings. The molecular formula is C13H17N3O3. The van der Waals surface area contributed by atoms with Crippen molar-refractivity contribution >= 4 is 17.7 Å². The summed E-state index contributed by atoms with van der Waals surface area (Å²) in [5.41, 5.74) is 0.110. The fourth-order valence-corrected chi connectivity index (χ4v) is 2.21. The molecule has 0 saturated carbocycles. The lowest BCUT2D eigenvalue weighted by Gasteiger charge is -2.22. The molecule has 2 heterocycles. The number of nitrogens with zero attached hydrogens (tertiary/aromatic N) is 3. The zero-order valence-electron chi connectivity index (χ0n) is 10.9. The molecule has 1 aromatic heterocycles. The van der Waals surface area contributed by atoms with Crippen LogP contribution in [0.4, 0.5) is 5.82 Å². The summed E-state index contributed by atoms with van der Waals surface area (Å²) in [4.78, 5) is 30.6. The molecule has 0 spiro atoms. The van der Waals surface area contributed by atoms with E-state index < -0.39 is 5.97 Å². The predicted octanol–water partition coefficient (Wildman–Crippen LogP) is 0.838. The van der Waals surface area contributed by atoms with Crippen LogP contribution in [0.3, 0.4) is 0 Å². The molecule has 1 N–H and O–H groups in total. The third-order valence-electron chi connectivity index (χ3n) is 3.21. The Bertz CT molecular complexity index is 484. The SMILES string of the molecule is CN(CC(=O)N1CCCC1)c1ncccc1C(=O)O. The molecule has 0 radical (unpaired) electrons. The van der Waals surface area contributed by atoms with E-state index in [0.717, 1.165) is 25.9 Å². The van der Waals surface area contributed by atoms with Crippen LogP contribution in [0.15, 0.2) is 18.3 Å². The van der Waals surface area contributed by atoms with Crippen molar-refractivity contribution in [3.05, 3.63) is 23.9 Å². The molecule has 19 heavy (non-hydrogen) atoms. The molecule has 0 aromatic carbocycles. The monoisotopic (exact) mass is 263 g/mol. The Labute approximate surface area is 111 Å². The maximum Gasteiger partial charge on any atom is 0.339 e. The van der Waals surface area contributed by atoms with Gasteiger partial charge in [0.05, 0.1) is 6.54 Å². The smallest absolute Gasteiger partial charge is 0.339 e. The molecule has 1 amide bonds. The lowest BCUT2D eigenvalue weighted by Crippen LogP contribution is -2.38. The van der Waals surface area contributed by atoms with E-state index in [2.05, 4.69) is 4.98 Å². The average molecular weight is 263 g/mol. The number of likely N-dealkylation sites (tertiary alicyclic amines) is 1. The number of aromatic nitrogens is 1. The third-order valence-corrected chi connectivity index (χ3v) is 3.21. The average Bonchev–Trinajstić information content (AvgIpc) is 2.92. The van der Waals surface area contributed by atoms with Crippen LogP contribution in [0.2, 0.25) is 0 Å². The van der Waals surface area contributed by atoms with Crippen LogP contribution in [-0.4, -0.2) is 53.5 Å². The van der Waals surface area contributed by atoms with Gasteiger partial charge in [0, 0.05) is 26.3 Å². The van der Waals surface area contributed by atoms with E-state index in [1.54, 1.807) is 22.9 Å². The summed E-state index contributed by atoms with van der Waals surface area (Å²) in [6.45, 7) is 1.73. The molecule has 102 valence electrons. The zero-order chi connectivity index (χ0) is 13.8. The second kappa shape index (κ2) is 5.69. The highest BCUT2D eigenvalue weighted by atomic mass is 16.4. The highest BCUT2D eigenvalue weighted by molar-refractivity contribution is 5.94. The van der Waals surface area contributed by atoms with Crippen molar-refractivity contribution in [2.24, 2.45) is 0 Å². The van der Waals surface area contributed by atoms with Crippen molar-refractivity contribution in [2.45, 2.75) is 12.8 Å². The molecule has 1 aliphatic rings. The summed E-state index contributed by atoms with van der Waals surface area (Å²) in [5, 5.41) is 9.10. The second-order valence-corrected chi connectivity index (χ2v) is 4.62. The second-order valence-electron chi connectivity index (χ2n) is 4.62. The summed E-state index contributed by atoms with van der Waals surface area (Å²) in [6.07, 6.45) is 3.61. The van der Waals surface area contributed by atoms with E-state index in [0.29, 0.717) is 5.82 Å². The van der Waals surface area contributed by atoms with Crippen LogP contribution in [0.1, 0.15) is 23.2 Å². The minimum Gasteiger partial charge on any atom is -0.478 e. The van der Waals surface area contributed by atoms with Crippen molar-refractivity contribution in [3.8, 4) is 0 Å². The van der Waals surface area contributed by atoms with E-state index in [4.69, 9.17) is 5.11 Å². The van der Waals surface area contributed by atoms with Crippen molar-refractivity contribution in [1.82, 2.24) is 9.88 Å². The Morgan fingerprint density at radius 1 is 1.42 bits per heavy atom. The molecule has 6 nitrogen and oxygen atoms in total. The summed E-state index contributed by atoms with van der Waals surface area (Å²) in [7, 11) is 1.68. The van der Waals surface area contributed by atoms with Gasteiger partial charge in [-0.3, -0.25) is 4.79 Å². The summed E-state index contributed by atoms with van der Waals surface area (Å²) >= 11 is 0. The topological polar surface area (TPSA) is 73.7 Å². The Balaban J connectivity index is 2.09. The number of carboxylic acid groups (broad SMARTS) is 1. The highest BCUT2D eigenvalue weighted by Gasteiger charge is 2.21. The van der Waals surface area contributed by atoms with Crippen LogP contribution >= 0.6 is 0 Å². The molecular weight excluding hydrogens is 246 g/mol. The van der Waals surface area contributed by atoms with E-state index in [9.17, 15) is 9.59 Å². The number of carboxylic acids is 1. The van der Waals surface area contributed by atoms with Gasteiger partial charge in [0.1, 0.15) is 11.4 Å². The van der Waals surface area contributed by atoms with Gasteiger partial charge in [0.15, 0.2) is 0 Å². The largest absolute Gasteiger partial charge is 0.478 e. The van der Waals surface area contributed by atoms with E-state index in [1.807, 2.05) is 0 Å². The quantitative estimate of drug-likeness (QED) is 0.871. The Morgan fingerprint density at radius 2 is 2.11 bits per heavy atom. The van der Waals surface area contributed by atoms with Gasteiger partial charge < -0.3 is 14.9 Å². The Morgan fingerprint density at radius 3 is 2.74 bits per heavy atom.